The van der Waals surface area contributed by atoms with Gasteiger partial charge in [-0.05, 0) is 6.92 Å². The van der Waals surface area contributed by atoms with Gasteiger partial charge in [-0.1, -0.05) is 11.6 Å². The molecule has 0 aliphatic carbocycles. The number of ether oxygens (including phenoxy) is 3. The van der Waals surface area contributed by atoms with Gasteiger partial charge in [-0.2, -0.15) is 0 Å². The Morgan fingerprint density at radius 3 is 2.67 bits per heavy atom. The molecule has 1 aromatic heterocycles. The average molecular weight is 297 g/mol. The van der Waals surface area contributed by atoms with Crippen molar-refractivity contribution < 1.29 is 28.2 Å². The average Bonchev–Trinajstić information content (AvgIpc) is 2.63. The van der Waals surface area contributed by atoms with E-state index in [9.17, 15) is 14.0 Å². The summed E-state index contributed by atoms with van der Waals surface area (Å²) >= 11 is 6.23. The molecule has 0 bridgehead atoms. The first-order valence-corrected chi connectivity index (χ1v) is 6.05. The van der Waals surface area contributed by atoms with Crippen molar-refractivity contribution in [3.8, 4) is 5.75 Å². The quantitative estimate of drug-likeness (QED) is 0.780. The fraction of sp³-hybridized carbons (Fsp3) is 0.400. The molecular formula is C10H10ClFO5S. The highest BCUT2D eigenvalue weighted by molar-refractivity contribution is 7.18. The lowest BCUT2D eigenvalue weighted by atomic mass is 10.4. The number of esters is 2. The molecule has 0 radical (unpaired) electrons. The lowest BCUT2D eigenvalue weighted by Gasteiger charge is -2.05. The minimum Gasteiger partial charge on any atom is -0.477 e. The Hall–Kier alpha value is -1.34. The van der Waals surface area contributed by atoms with Gasteiger partial charge in [0.15, 0.2) is 23.1 Å². The van der Waals surface area contributed by atoms with E-state index in [4.69, 9.17) is 16.3 Å². The van der Waals surface area contributed by atoms with Crippen LogP contribution in [0.25, 0.3) is 0 Å². The van der Waals surface area contributed by atoms with Crippen LogP contribution in [0.1, 0.15) is 16.6 Å². The number of halogens is 2. The van der Waals surface area contributed by atoms with Crippen LogP contribution in [0.5, 0.6) is 5.75 Å². The van der Waals surface area contributed by atoms with Crippen molar-refractivity contribution in [2.45, 2.75) is 6.92 Å². The van der Waals surface area contributed by atoms with Crippen molar-refractivity contribution in [2.24, 2.45) is 0 Å². The molecule has 0 saturated carbocycles. The van der Waals surface area contributed by atoms with Gasteiger partial charge in [0.2, 0.25) is 0 Å². The van der Waals surface area contributed by atoms with Crippen molar-refractivity contribution in [3.63, 3.8) is 0 Å². The van der Waals surface area contributed by atoms with E-state index in [0.717, 1.165) is 7.11 Å². The number of carbonyl (C=O) groups is 2. The lowest BCUT2D eigenvalue weighted by Crippen LogP contribution is -2.16. The summed E-state index contributed by atoms with van der Waals surface area (Å²) in [6.07, 6.45) is 0. The smallest absolute Gasteiger partial charge is 0.352 e. The van der Waals surface area contributed by atoms with Crippen LogP contribution in [0, 0.1) is 5.82 Å². The third kappa shape index (κ3) is 3.33. The van der Waals surface area contributed by atoms with Crippen LogP contribution in [0.2, 0.25) is 4.34 Å². The molecule has 0 N–H and O–H groups in total. The molecule has 0 aromatic carbocycles. The van der Waals surface area contributed by atoms with Crippen molar-refractivity contribution in [1.29, 1.82) is 0 Å². The Morgan fingerprint density at radius 1 is 1.44 bits per heavy atom. The zero-order valence-electron chi connectivity index (χ0n) is 9.62. The van der Waals surface area contributed by atoms with Crippen LogP contribution in [0.15, 0.2) is 0 Å². The largest absolute Gasteiger partial charge is 0.477 e. The molecule has 0 aliphatic rings. The summed E-state index contributed by atoms with van der Waals surface area (Å²) in [6, 6.07) is 0. The van der Waals surface area contributed by atoms with Gasteiger partial charge in [0, 0.05) is 0 Å². The van der Waals surface area contributed by atoms with Gasteiger partial charge in [0.1, 0.15) is 4.34 Å². The van der Waals surface area contributed by atoms with Crippen molar-refractivity contribution in [2.75, 3.05) is 20.3 Å². The molecule has 1 aromatic rings. The summed E-state index contributed by atoms with van der Waals surface area (Å²) in [7, 11) is 1.14. The predicted molar refractivity (Wildman–Crippen MR) is 62.8 cm³/mol. The highest BCUT2D eigenvalue weighted by atomic mass is 35.5. The topological polar surface area (TPSA) is 61.8 Å². The standard InChI is InChI=1S/C10H10ClFO5S/c1-3-16-5(13)4-17-7-6(12)9(11)18-8(7)10(14)15-2/h3-4H2,1-2H3. The highest BCUT2D eigenvalue weighted by Gasteiger charge is 2.25. The van der Waals surface area contributed by atoms with E-state index in [1.165, 1.54) is 0 Å². The fourth-order valence-electron chi connectivity index (χ4n) is 1.06. The van der Waals surface area contributed by atoms with Crippen molar-refractivity contribution in [1.82, 2.24) is 0 Å². The van der Waals surface area contributed by atoms with E-state index in [-0.39, 0.29) is 15.8 Å². The molecule has 100 valence electrons. The molecule has 18 heavy (non-hydrogen) atoms. The van der Waals surface area contributed by atoms with Gasteiger partial charge < -0.3 is 14.2 Å². The number of rotatable bonds is 5. The fourth-order valence-corrected chi connectivity index (χ4v) is 2.15. The minimum absolute atomic E-state index is 0.135. The molecular weight excluding hydrogens is 287 g/mol. The molecule has 0 unspecified atom stereocenters. The first-order valence-electron chi connectivity index (χ1n) is 4.85. The number of thiophene rings is 1. The van der Waals surface area contributed by atoms with Crippen LogP contribution >= 0.6 is 22.9 Å². The Morgan fingerprint density at radius 2 is 2.11 bits per heavy atom. The summed E-state index contributed by atoms with van der Waals surface area (Å²) in [5.74, 6) is -2.75. The first-order chi connectivity index (χ1) is 8.51. The van der Waals surface area contributed by atoms with Gasteiger partial charge in [-0.3, -0.25) is 0 Å². The predicted octanol–water partition coefficient (Wildman–Crippen LogP) is 2.27. The maximum absolute atomic E-state index is 13.5. The summed E-state index contributed by atoms with van der Waals surface area (Å²) in [5.41, 5.74) is 0. The maximum atomic E-state index is 13.5. The Bertz CT molecular complexity index is 459. The molecule has 0 aliphatic heterocycles. The van der Waals surface area contributed by atoms with Crippen molar-refractivity contribution in [3.05, 3.63) is 15.0 Å². The minimum atomic E-state index is -0.897. The van der Waals surface area contributed by atoms with Crippen LogP contribution in [0.4, 0.5) is 4.39 Å². The van der Waals surface area contributed by atoms with Gasteiger partial charge >= 0.3 is 11.9 Å². The second-order valence-corrected chi connectivity index (χ2v) is 4.56. The Balaban J connectivity index is 2.86. The molecule has 1 heterocycles. The third-order valence-corrected chi connectivity index (χ3v) is 3.09. The van der Waals surface area contributed by atoms with E-state index in [0.29, 0.717) is 11.3 Å². The van der Waals surface area contributed by atoms with Crippen LogP contribution in [0.3, 0.4) is 0 Å². The molecule has 8 heteroatoms. The highest BCUT2D eigenvalue weighted by Crippen LogP contribution is 2.37. The summed E-state index contributed by atoms with van der Waals surface area (Å²) in [4.78, 5) is 22.3. The molecule has 1 rings (SSSR count). The lowest BCUT2D eigenvalue weighted by molar-refractivity contribution is -0.145. The van der Waals surface area contributed by atoms with E-state index in [2.05, 4.69) is 9.47 Å². The van der Waals surface area contributed by atoms with Crippen LogP contribution in [-0.2, 0) is 14.3 Å². The maximum Gasteiger partial charge on any atom is 0.352 e. The zero-order chi connectivity index (χ0) is 13.7. The normalized spacial score (nSPS) is 10.0. The van der Waals surface area contributed by atoms with Gasteiger partial charge in [-0.15, -0.1) is 11.3 Å². The number of methoxy groups -OCH3 is 1. The Kier molecular flexibility index (Phi) is 5.36. The Labute approximate surface area is 111 Å². The molecule has 0 saturated heterocycles. The molecule has 0 atom stereocenters. The van der Waals surface area contributed by atoms with Gasteiger partial charge in [-0.25, -0.2) is 14.0 Å². The number of carbonyl (C=O) groups excluding carboxylic acids is 2. The summed E-state index contributed by atoms with van der Waals surface area (Å²) < 4.78 is 27.3. The second kappa shape index (κ2) is 6.55. The zero-order valence-corrected chi connectivity index (χ0v) is 11.2. The number of hydrogen-bond acceptors (Lipinski definition) is 6. The van der Waals surface area contributed by atoms with E-state index in [1.54, 1.807) is 6.92 Å². The van der Waals surface area contributed by atoms with E-state index < -0.39 is 30.1 Å². The van der Waals surface area contributed by atoms with E-state index in [1.807, 2.05) is 0 Å². The van der Waals surface area contributed by atoms with Crippen LogP contribution < -0.4 is 4.74 Å². The summed E-state index contributed by atoms with van der Waals surface area (Å²) in [5, 5.41) is 0. The van der Waals surface area contributed by atoms with Crippen molar-refractivity contribution >= 4 is 34.9 Å². The van der Waals surface area contributed by atoms with Gasteiger partial charge in [0.05, 0.1) is 13.7 Å². The van der Waals surface area contributed by atoms with E-state index >= 15 is 0 Å². The van der Waals surface area contributed by atoms with Crippen LogP contribution in [-0.4, -0.2) is 32.3 Å². The molecule has 5 nitrogen and oxygen atoms in total. The molecule has 0 fully saturated rings. The first kappa shape index (κ1) is 14.7. The third-order valence-electron chi connectivity index (χ3n) is 1.78. The summed E-state index contributed by atoms with van der Waals surface area (Å²) in [6.45, 7) is 1.29. The SMILES string of the molecule is CCOC(=O)COc1c(C(=O)OC)sc(Cl)c1F. The van der Waals surface area contributed by atoms with Gasteiger partial charge in [0.25, 0.3) is 0 Å². The molecule has 0 spiro atoms. The molecule has 0 amide bonds. The monoisotopic (exact) mass is 296 g/mol. The number of hydrogen-bond donors (Lipinski definition) is 0. The second-order valence-electron chi connectivity index (χ2n) is 2.93.